The molecule has 0 aliphatic carbocycles. The third-order valence-electron chi connectivity index (χ3n) is 5.22. The first-order valence-electron chi connectivity index (χ1n) is 10.0. The van der Waals surface area contributed by atoms with Gasteiger partial charge in [-0.2, -0.15) is 0 Å². The van der Waals surface area contributed by atoms with Gasteiger partial charge in [0.05, 0.1) is 11.6 Å². The smallest absolute Gasteiger partial charge is 0.223 e. The van der Waals surface area contributed by atoms with Crippen LogP contribution in [0.25, 0.3) is 11.3 Å². The van der Waals surface area contributed by atoms with Crippen molar-refractivity contribution in [3.05, 3.63) is 64.9 Å². The number of fused-ring (bicyclic) bond motifs is 1. The van der Waals surface area contributed by atoms with Gasteiger partial charge >= 0.3 is 0 Å². The van der Waals surface area contributed by atoms with E-state index in [2.05, 4.69) is 5.32 Å². The Hall–Kier alpha value is -2.97. The number of nitrogens with zero attached hydrogens (tertiary/aromatic N) is 3. The van der Waals surface area contributed by atoms with Crippen molar-refractivity contribution < 1.29 is 13.6 Å². The lowest BCUT2D eigenvalue weighted by molar-refractivity contribution is -0.132. The number of benzene rings is 2. The van der Waals surface area contributed by atoms with Crippen molar-refractivity contribution in [3.8, 4) is 11.3 Å². The fourth-order valence-corrected chi connectivity index (χ4v) is 3.72. The van der Waals surface area contributed by atoms with Gasteiger partial charge < -0.3 is 20.5 Å². The summed E-state index contributed by atoms with van der Waals surface area (Å²) < 4.78 is 29.4. The molecule has 0 saturated heterocycles. The second-order valence-electron chi connectivity index (χ2n) is 7.35. The van der Waals surface area contributed by atoms with Gasteiger partial charge in [0.2, 0.25) is 5.91 Å². The lowest BCUT2D eigenvalue weighted by atomic mass is 10.1. The number of hydrogen-bond acceptors (Lipinski definition) is 4. The van der Waals surface area contributed by atoms with Crippen LogP contribution in [-0.2, 0) is 17.9 Å². The number of carbonyl (C=O) groups is 1. The molecule has 6 nitrogen and oxygen atoms in total. The van der Waals surface area contributed by atoms with E-state index in [0.717, 1.165) is 0 Å². The summed E-state index contributed by atoms with van der Waals surface area (Å²) in [6, 6.07) is 10.5. The normalized spacial score (nSPS) is 13.2. The molecular weight excluding hydrogens is 424 g/mol. The molecule has 4 rings (SSSR count). The maximum Gasteiger partial charge on any atom is 0.223 e. The molecule has 0 atom stereocenters. The summed E-state index contributed by atoms with van der Waals surface area (Å²) in [6.45, 7) is 1.87. The molecule has 0 bridgehead atoms. The topological polar surface area (TPSA) is 76.2 Å². The lowest BCUT2D eigenvalue weighted by Crippen LogP contribution is -2.38. The summed E-state index contributed by atoms with van der Waals surface area (Å²) in [7, 11) is 0. The summed E-state index contributed by atoms with van der Waals surface area (Å²) in [6.07, 6.45) is 1.04. The molecule has 3 aromatic rings. The zero-order valence-corrected chi connectivity index (χ0v) is 17.5. The maximum atomic E-state index is 14.0. The van der Waals surface area contributed by atoms with Gasteiger partial charge in [0.15, 0.2) is 0 Å². The van der Waals surface area contributed by atoms with Crippen LogP contribution in [0, 0.1) is 11.6 Å². The minimum atomic E-state index is -0.537. The quantitative estimate of drug-likeness (QED) is 0.593. The zero-order valence-electron chi connectivity index (χ0n) is 16.7. The molecule has 1 amide bonds. The molecule has 1 aliphatic heterocycles. The standard InChI is InChI=1S/C22H22ClF2N5O/c23-17-8-7-16(12-18(17)25)27-22-21(14-3-5-15(24)6-4-14)28-19-13-29(10-11-30(19)22)20(31)2-1-9-26/h3-8,12,27H,1-2,9-11,13,26H2. The van der Waals surface area contributed by atoms with Gasteiger partial charge in [0.1, 0.15) is 29.0 Å². The molecule has 31 heavy (non-hydrogen) atoms. The highest BCUT2D eigenvalue weighted by Crippen LogP contribution is 2.34. The number of nitrogens with two attached hydrogens (primary N) is 1. The van der Waals surface area contributed by atoms with E-state index >= 15 is 0 Å². The van der Waals surface area contributed by atoms with Gasteiger partial charge in [0, 0.05) is 30.8 Å². The summed E-state index contributed by atoms with van der Waals surface area (Å²) in [5.41, 5.74) is 7.33. The number of halogens is 3. The first kappa shape index (κ1) is 21.3. The van der Waals surface area contributed by atoms with Gasteiger partial charge in [-0.3, -0.25) is 4.79 Å². The molecule has 3 N–H and O–H groups in total. The Morgan fingerprint density at radius 3 is 2.65 bits per heavy atom. The molecule has 2 aromatic carbocycles. The largest absolute Gasteiger partial charge is 0.340 e. The highest BCUT2D eigenvalue weighted by Gasteiger charge is 2.26. The van der Waals surface area contributed by atoms with Crippen molar-refractivity contribution in [2.24, 2.45) is 5.73 Å². The van der Waals surface area contributed by atoms with E-state index in [-0.39, 0.29) is 16.7 Å². The minimum absolute atomic E-state index is 0.0336. The summed E-state index contributed by atoms with van der Waals surface area (Å²) in [5, 5.41) is 3.26. The first-order chi connectivity index (χ1) is 15.0. The van der Waals surface area contributed by atoms with Crippen molar-refractivity contribution in [2.45, 2.75) is 25.9 Å². The Balaban J connectivity index is 1.70. The van der Waals surface area contributed by atoms with Crippen molar-refractivity contribution in [2.75, 3.05) is 18.4 Å². The minimum Gasteiger partial charge on any atom is -0.340 e. The second kappa shape index (κ2) is 9.03. The Morgan fingerprint density at radius 2 is 1.94 bits per heavy atom. The van der Waals surface area contributed by atoms with Crippen LogP contribution in [0.2, 0.25) is 5.02 Å². The van der Waals surface area contributed by atoms with Gasteiger partial charge in [0.25, 0.3) is 0 Å². The number of amides is 1. The Morgan fingerprint density at radius 1 is 1.16 bits per heavy atom. The van der Waals surface area contributed by atoms with Crippen LogP contribution in [0.4, 0.5) is 20.3 Å². The molecule has 0 unspecified atom stereocenters. The van der Waals surface area contributed by atoms with Crippen LogP contribution < -0.4 is 11.1 Å². The molecule has 1 aliphatic rings. The molecule has 162 valence electrons. The number of carbonyl (C=O) groups excluding carboxylic acids is 1. The van der Waals surface area contributed by atoms with E-state index in [1.165, 1.54) is 24.3 Å². The average Bonchev–Trinajstić information content (AvgIpc) is 3.12. The Labute approximate surface area is 183 Å². The Kier molecular flexibility index (Phi) is 6.20. The first-order valence-corrected chi connectivity index (χ1v) is 10.4. The maximum absolute atomic E-state index is 14.0. The molecule has 1 aromatic heterocycles. The van der Waals surface area contributed by atoms with E-state index in [1.807, 2.05) is 4.57 Å². The fourth-order valence-electron chi connectivity index (χ4n) is 3.60. The number of aromatic nitrogens is 2. The predicted octanol–water partition coefficient (Wildman–Crippen LogP) is 4.31. The highest BCUT2D eigenvalue weighted by atomic mass is 35.5. The summed E-state index contributed by atoms with van der Waals surface area (Å²) in [5.74, 6) is 0.502. The van der Waals surface area contributed by atoms with Crippen molar-refractivity contribution in [1.29, 1.82) is 0 Å². The summed E-state index contributed by atoms with van der Waals surface area (Å²) in [4.78, 5) is 18.9. The van der Waals surface area contributed by atoms with E-state index in [1.54, 1.807) is 23.1 Å². The molecule has 0 radical (unpaired) electrons. The van der Waals surface area contributed by atoms with Crippen LogP contribution in [-0.4, -0.2) is 33.4 Å². The zero-order chi connectivity index (χ0) is 22.0. The van der Waals surface area contributed by atoms with Crippen molar-refractivity contribution in [3.63, 3.8) is 0 Å². The monoisotopic (exact) mass is 445 g/mol. The van der Waals surface area contributed by atoms with Gasteiger partial charge in [-0.1, -0.05) is 11.6 Å². The van der Waals surface area contributed by atoms with Crippen LogP contribution >= 0.6 is 11.6 Å². The highest BCUT2D eigenvalue weighted by molar-refractivity contribution is 6.30. The van der Waals surface area contributed by atoms with Crippen molar-refractivity contribution in [1.82, 2.24) is 14.5 Å². The Bertz CT molecular complexity index is 1100. The van der Waals surface area contributed by atoms with Gasteiger partial charge in [-0.25, -0.2) is 13.8 Å². The average molecular weight is 446 g/mol. The lowest BCUT2D eigenvalue weighted by Gasteiger charge is -2.28. The van der Waals surface area contributed by atoms with Gasteiger partial charge in [-0.15, -0.1) is 0 Å². The van der Waals surface area contributed by atoms with Crippen LogP contribution in [0.15, 0.2) is 42.5 Å². The number of imidazole rings is 1. The van der Waals surface area contributed by atoms with Crippen LogP contribution in [0.5, 0.6) is 0 Å². The molecule has 2 heterocycles. The second-order valence-corrected chi connectivity index (χ2v) is 7.75. The SMILES string of the molecule is NCCCC(=O)N1CCn2c(nc(-c3ccc(F)cc3)c2Nc2ccc(Cl)c(F)c2)C1. The van der Waals surface area contributed by atoms with E-state index in [9.17, 15) is 13.6 Å². The predicted molar refractivity (Wildman–Crippen MR) is 116 cm³/mol. The molecule has 9 heteroatoms. The van der Waals surface area contributed by atoms with E-state index in [0.29, 0.717) is 67.6 Å². The number of nitrogens with one attached hydrogen (secondary N) is 1. The number of hydrogen-bond donors (Lipinski definition) is 2. The third-order valence-corrected chi connectivity index (χ3v) is 5.53. The third kappa shape index (κ3) is 4.55. The number of anilines is 2. The van der Waals surface area contributed by atoms with E-state index < -0.39 is 5.82 Å². The molecule has 0 saturated carbocycles. The summed E-state index contributed by atoms with van der Waals surface area (Å²) >= 11 is 5.80. The molecular formula is C22H22ClF2N5O. The molecule has 0 fully saturated rings. The van der Waals surface area contributed by atoms with Crippen molar-refractivity contribution >= 4 is 29.0 Å². The van der Waals surface area contributed by atoms with E-state index in [4.69, 9.17) is 22.3 Å². The number of rotatable bonds is 6. The molecule has 0 spiro atoms. The van der Waals surface area contributed by atoms with Gasteiger partial charge in [-0.05, 0) is 55.4 Å². The van der Waals surface area contributed by atoms with Crippen LogP contribution in [0.1, 0.15) is 18.7 Å². The van der Waals surface area contributed by atoms with Crippen LogP contribution in [0.3, 0.4) is 0 Å². The fraction of sp³-hybridized carbons (Fsp3) is 0.273.